The molecule has 1 aliphatic carbocycles. The number of thiocarbonyl (C=S) groups is 1. The summed E-state index contributed by atoms with van der Waals surface area (Å²) < 4.78 is 0.637. The van der Waals surface area contributed by atoms with Crippen LogP contribution in [0.1, 0.15) is 33.1 Å². The maximum absolute atomic E-state index is 11.5. The highest BCUT2D eigenvalue weighted by molar-refractivity contribution is 8.22. The van der Waals surface area contributed by atoms with E-state index >= 15 is 0 Å². The average Bonchev–Trinajstić information content (AvgIpc) is 2.11. The highest BCUT2D eigenvalue weighted by Crippen LogP contribution is 2.31. The van der Waals surface area contributed by atoms with E-state index in [2.05, 4.69) is 24.4 Å². The van der Waals surface area contributed by atoms with Crippen LogP contribution in [0.3, 0.4) is 0 Å². The number of Topliss-reactive ketones (excluding diaryl/α,β-unsaturated/α-hetero) is 1. The number of hydrogen-bond donors (Lipinski definition) is 1. The Morgan fingerprint density at radius 3 is 2.73 bits per heavy atom. The van der Waals surface area contributed by atoms with E-state index in [0.29, 0.717) is 17.2 Å². The lowest BCUT2D eigenvalue weighted by Crippen LogP contribution is -2.30. The number of ketones is 1. The fraction of sp³-hybridized carbons (Fsp3) is 0.700. The van der Waals surface area contributed by atoms with E-state index in [1.54, 1.807) is 0 Å². The third-order valence-electron chi connectivity index (χ3n) is 2.25. The van der Waals surface area contributed by atoms with Crippen molar-refractivity contribution in [2.24, 2.45) is 10.5 Å². The summed E-state index contributed by atoms with van der Waals surface area (Å²) in [5.41, 5.74) is 3.74. The molecule has 0 aromatic carbocycles. The quantitative estimate of drug-likeness (QED) is 0.568. The lowest BCUT2D eigenvalue weighted by Gasteiger charge is -2.29. The lowest BCUT2D eigenvalue weighted by molar-refractivity contribution is -0.120. The summed E-state index contributed by atoms with van der Waals surface area (Å²) in [5, 5.41) is 4.18. The fourth-order valence-corrected chi connectivity index (χ4v) is 1.93. The maximum atomic E-state index is 11.5. The number of carbonyl (C=O) groups excluding carboxylic acids is 1. The minimum absolute atomic E-state index is 0.0385. The Hall–Kier alpha value is -0.420. The molecule has 1 fully saturated rings. The molecular formula is C10H16N2OS2. The molecular weight excluding hydrogens is 228 g/mol. The SMILES string of the molecule is CSC(=S)N/N=C1\CC(=O)CC(C)(C)C1. The van der Waals surface area contributed by atoms with Gasteiger partial charge in [0.1, 0.15) is 5.78 Å². The van der Waals surface area contributed by atoms with Gasteiger partial charge in [-0.1, -0.05) is 37.8 Å². The minimum Gasteiger partial charge on any atom is -0.299 e. The van der Waals surface area contributed by atoms with Gasteiger partial charge in [0.2, 0.25) is 0 Å². The van der Waals surface area contributed by atoms with Gasteiger partial charge in [-0.25, -0.2) is 0 Å². The second-order valence-electron chi connectivity index (χ2n) is 4.51. The lowest BCUT2D eigenvalue weighted by atomic mass is 9.76. The van der Waals surface area contributed by atoms with E-state index in [9.17, 15) is 4.79 Å². The largest absolute Gasteiger partial charge is 0.299 e. The van der Waals surface area contributed by atoms with Crippen molar-refractivity contribution in [2.45, 2.75) is 33.1 Å². The van der Waals surface area contributed by atoms with Crippen LogP contribution in [0.5, 0.6) is 0 Å². The van der Waals surface area contributed by atoms with Gasteiger partial charge < -0.3 is 0 Å². The highest BCUT2D eigenvalue weighted by atomic mass is 32.2. The summed E-state index contributed by atoms with van der Waals surface area (Å²) in [7, 11) is 0. The zero-order chi connectivity index (χ0) is 11.5. The molecule has 5 heteroatoms. The zero-order valence-corrected chi connectivity index (χ0v) is 10.9. The first kappa shape index (κ1) is 12.6. The van der Waals surface area contributed by atoms with Gasteiger partial charge in [0.15, 0.2) is 4.32 Å². The summed E-state index contributed by atoms with van der Waals surface area (Å²) in [6.45, 7) is 4.18. The van der Waals surface area contributed by atoms with Gasteiger partial charge in [-0.15, -0.1) is 0 Å². The van der Waals surface area contributed by atoms with Crippen molar-refractivity contribution in [2.75, 3.05) is 6.26 Å². The molecule has 3 nitrogen and oxygen atoms in total. The van der Waals surface area contributed by atoms with Gasteiger partial charge in [0.25, 0.3) is 0 Å². The van der Waals surface area contributed by atoms with Crippen LogP contribution in [0.25, 0.3) is 0 Å². The fourth-order valence-electron chi connectivity index (χ4n) is 1.75. The molecule has 1 rings (SSSR count). The second kappa shape index (κ2) is 5.07. The number of nitrogens with zero attached hydrogens (tertiary/aromatic N) is 1. The molecule has 0 bridgehead atoms. The van der Waals surface area contributed by atoms with Crippen molar-refractivity contribution in [1.82, 2.24) is 5.43 Å². The van der Waals surface area contributed by atoms with Crippen molar-refractivity contribution >= 4 is 39.8 Å². The number of carbonyl (C=O) groups is 1. The summed E-state index contributed by atoms with van der Waals surface area (Å²) in [6, 6.07) is 0. The molecule has 0 radical (unpaired) electrons. The van der Waals surface area contributed by atoms with E-state index < -0.39 is 0 Å². The van der Waals surface area contributed by atoms with Crippen LogP contribution in [0.4, 0.5) is 0 Å². The molecule has 0 aromatic rings. The molecule has 1 N–H and O–H groups in total. The molecule has 1 aliphatic rings. The molecule has 0 spiro atoms. The van der Waals surface area contributed by atoms with Crippen LogP contribution in [0, 0.1) is 5.41 Å². The normalized spacial score (nSPS) is 22.9. The molecule has 0 aromatic heterocycles. The Kier molecular flexibility index (Phi) is 4.28. The number of hydrazone groups is 1. The predicted octanol–water partition coefficient (Wildman–Crippen LogP) is 2.36. The molecule has 0 amide bonds. The van der Waals surface area contributed by atoms with Crippen molar-refractivity contribution in [1.29, 1.82) is 0 Å². The monoisotopic (exact) mass is 244 g/mol. The van der Waals surface area contributed by atoms with E-state index in [4.69, 9.17) is 12.2 Å². The van der Waals surface area contributed by atoms with Gasteiger partial charge in [-0.3, -0.25) is 10.2 Å². The summed E-state index contributed by atoms with van der Waals surface area (Å²) >= 11 is 6.41. The predicted molar refractivity (Wildman–Crippen MR) is 69.3 cm³/mol. The van der Waals surface area contributed by atoms with Crippen LogP contribution in [-0.4, -0.2) is 22.1 Å². The number of nitrogens with one attached hydrogen (secondary N) is 1. The molecule has 84 valence electrons. The Labute approximate surface area is 100 Å². The highest BCUT2D eigenvalue weighted by Gasteiger charge is 2.30. The van der Waals surface area contributed by atoms with Gasteiger partial charge in [0.05, 0.1) is 0 Å². The smallest absolute Gasteiger partial charge is 0.153 e. The molecule has 15 heavy (non-hydrogen) atoms. The summed E-state index contributed by atoms with van der Waals surface area (Å²) in [5.74, 6) is 0.266. The second-order valence-corrected chi connectivity index (χ2v) is 6.00. The van der Waals surface area contributed by atoms with E-state index in [1.807, 2.05) is 6.26 Å². The van der Waals surface area contributed by atoms with Crippen molar-refractivity contribution in [3.8, 4) is 0 Å². The first-order chi connectivity index (χ1) is 6.93. The number of hydrogen-bond acceptors (Lipinski definition) is 4. The van der Waals surface area contributed by atoms with Crippen LogP contribution in [0.2, 0.25) is 0 Å². The van der Waals surface area contributed by atoms with Gasteiger partial charge in [-0.05, 0) is 18.1 Å². The Morgan fingerprint density at radius 2 is 2.20 bits per heavy atom. The van der Waals surface area contributed by atoms with Crippen molar-refractivity contribution in [3.05, 3.63) is 0 Å². The number of rotatable bonds is 1. The third kappa shape index (κ3) is 4.30. The maximum Gasteiger partial charge on any atom is 0.153 e. The minimum atomic E-state index is 0.0385. The van der Waals surface area contributed by atoms with Gasteiger partial charge >= 0.3 is 0 Å². The van der Waals surface area contributed by atoms with Gasteiger partial charge in [0, 0.05) is 18.6 Å². The molecule has 0 heterocycles. The van der Waals surface area contributed by atoms with Crippen molar-refractivity contribution < 1.29 is 4.79 Å². The summed E-state index contributed by atoms with van der Waals surface area (Å²) in [4.78, 5) is 11.5. The molecule has 0 saturated heterocycles. The van der Waals surface area contributed by atoms with E-state index in [0.717, 1.165) is 12.1 Å². The first-order valence-electron chi connectivity index (χ1n) is 4.84. The first-order valence-corrected chi connectivity index (χ1v) is 6.47. The van der Waals surface area contributed by atoms with Crippen LogP contribution >= 0.6 is 24.0 Å². The summed E-state index contributed by atoms with van der Waals surface area (Å²) in [6.07, 6.45) is 3.88. The van der Waals surface area contributed by atoms with E-state index in [-0.39, 0.29) is 11.2 Å². The average molecular weight is 244 g/mol. The van der Waals surface area contributed by atoms with Crippen LogP contribution in [-0.2, 0) is 4.79 Å². The van der Waals surface area contributed by atoms with Crippen LogP contribution < -0.4 is 5.43 Å². The Morgan fingerprint density at radius 1 is 1.53 bits per heavy atom. The topological polar surface area (TPSA) is 41.5 Å². The molecule has 0 unspecified atom stereocenters. The van der Waals surface area contributed by atoms with E-state index in [1.165, 1.54) is 11.8 Å². The molecule has 1 saturated carbocycles. The Balaban J connectivity index is 2.62. The molecule has 0 atom stereocenters. The number of thioether (sulfide) groups is 1. The Bertz CT molecular complexity index is 311. The van der Waals surface area contributed by atoms with Crippen molar-refractivity contribution in [3.63, 3.8) is 0 Å². The van der Waals surface area contributed by atoms with Gasteiger partial charge in [-0.2, -0.15) is 5.10 Å². The van der Waals surface area contributed by atoms with Crippen LogP contribution in [0.15, 0.2) is 5.10 Å². The zero-order valence-electron chi connectivity index (χ0n) is 9.29. The molecule has 0 aliphatic heterocycles. The third-order valence-corrected chi connectivity index (χ3v) is 3.30. The standard InChI is InChI=1S/C10H16N2OS2/c1-10(2)5-7(4-8(13)6-10)11-12-9(14)15-3/h4-6H2,1-3H3,(H,12,14)/b11-7+.